The van der Waals surface area contributed by atoms with Gasteiger partial charge in [-0.3, -0.25) is 0 Å². The van der Waals surface area contributed by atoms with Crippen molar-refractivity contribution in [3.8, 4) is 0 Å². The van der Waals surface area contributed by atoms with Gasteiger partial charge >= 0.3 is 0 Å². The second-order valence-electron chi connectivity index (χ2n) is 8.49. The predicted molar refractivity (Wildman–Crippen MR) is 88.1 cm³/mol. The first-order valence-electron chi connectivity index (χ1n) is 9.56. The lowest BCUT2D eigenvalue weighted by Gasteiger charge is -2.53. The predicted octanol–water partition coefficient (Wildman–Crippen LogP) is 4.54. The molecule has 3 aliphatic carbocycles. The fourth-order valence-electron chi connectivity index (χ4n) is 5.79. The zero-order valence-electron chi connectivity index (χ0n) is 13.8. The lowest BCUT2D eigenvalue weighted by Crippen LogP contribution is -2.55. The fraction of sp³-hybridized carbons (Fsp3) is 1.00. The maximum absolute atomic E-state index is 11.5. The summed E-state index contributed by atoms with van der Waals surface area (Å²) in [5, 5.41) is 11.5. The zero-order valence-corrected chi connectivity index (χ0v) is 13.8. The molecule has 0 aliphatic heterocycles. The lowest BCUT2D eigenvalue weighted by molar-refractivity contribution is -0.135. The highest BCUT2D eigenvalue weighted by molar-refractivity contribution is 5.05. The number of rotatable bonds is 2. The molecule has 3 fully saturated rings. The van der Waals surface area contributed by atoms with Crippen molar-refractivity contribution in [3.63, 3.8) is 0 Å². The number of aliphatic hydroxyl groups is 1. The van der Waals surface area contributed by atoms with E-state index in [2.05, 4.69) is 0 Å². The fourth-order valence-corrected chi connectivity index (χ4v) is 5.79. The Morgan fingerprint density at radius 3 is 1.62 bits per heavy atom. The quantitative estimate of drug-likeness (QED) is 0.785. The minimum absolute atomic E-state index is 0.0215. The van der Waals surface area contributed by atoms with Gasteiger partial charge in [0.15, 0.2) is 0 Å². The highest BCUT2D eigenvalue weighted by atomic mass is 16.3. The van der Waals surface area contributed by atoms with Gasteiger partial charge in [0.05, 0.1) is 5.60 Å². The van der Waals surface area contributed by atoms with E-state index in [1.54, 1.807) is 0 Å². The van der Waals surface area contributed by atoms with Gasteiger partial charge in [0, 0.05) is 12.0 Å². The SMILES string of the molecule is NCC1(C2(O)CCC3(CCCC3)CC2)CCCCCCC1. The summed E-state index contributed by atoms with van der Waals surface area (Å²) in [6.07, 6.45) is 19.1. The van der Waals surface area contributed by atoms with Crippen LogP contribution in [-0.4, -0.2) is 17.3 Å². The van der Waals surface area contributed by atoms with Crippen LogP contribution in [0.2, 0.25) is 0 Å². The van der Waals surface area contributed by atoms with Crippen LogP contribution < -0.4 is 5.73 Å². The van der Waals surface area contributed by atoms with Gasteiger partial charge in [-0.1, -0.05) is 44.9 Å². The van der Waals surface area contributed by atoms with Crippen LogP contribution in [0.25, 0.3) is 0 Å². The van der Waals surface area contributed by atoms with E-state index in [1.807, 2.05) is 0 Å². The maximum atomic E-state index is 11.5. The molecule has 0 aromatic rings. The molecule has 0 atom stereocenters. The summed E-state index contributed by atoms with van der Waals surface area (Å²) in [5.74, 6) is 0. The molecule has 0 bridgehead atoms. The molecule has 0 saturated heterocycles. The van der Waals surface area contributed by atoms with E-state index in [0.29, 0.717) is 12.0 Å². The van der Waals surface area contributed by atoms with Crippen LogP contribution in [0.1, 0.15) is 96.3 Å². The van der Waals surface area contributed by atoms with Crippen LogP contribution in [0.3, 0.4) is 0 Å². The summed E-state index contributed by atoms with van der Waals surface area (Å²) in [5.41, 5.74) is 6.42. The largest absolute Gasteiger partial charge is 0.389 e. The maximum Gasteiger partial charge on any atom is 0.0716 e. The highest BCUT2D eigenvalue weighted by Gasteiger charge is 2.53. The molecule has 0 radical (unpaired) electrons. The third kappa shape index (κ3) is 2.91. The minimum Gasteiger partial charge on any atom is -0.389 e. The Bertz CT molecular complexity index is 327. The van der Waals surface area contributed by atoms with E-state index >= 15 is 0 Å². The van der Waals surface area contributed by atoms with Gasteiger partial charge < -0.3 is 10.8 Å². The molecule has 0 heterocycles. The third-order valence-corrected chi connectivity index (χ3v) is 7.49. The molecule has 3 N–H and O–H groups in total. The second kappa shape index (κ2) is 6.20. The normalized spacial score (nSPS) is 31.7. The Morgan fingerprint density at radius 1 is 0.619 bits per heavy atom. The Hall–Kier alpha value is -0.0800. The van der Waals surface area contributed by atoms with Crippen LogP contribution in [0.5, 0.6) is 0 Å². The molecule has 2 heteroatoms. The van der Waals surface area contributed by atoms with Gasteiger partial charge in [-0.2, -0.15) is 0 Å². The zero-order chi connectivity index (χ0) is 14.8. The van der Waals surface area contributed by atoms with E-state index in [0.717, 1.165) is 25.7 Å². The standard InChI is InChI=1S/C19H35NO/c20-16-18(10-4-2-1-3-5-11-18)19(21)14-12-17(13-15-19)8-6-7-9-17/h21H,1-16,20H2. The van der Waals surface area contributed by atoms with Crippen LogP contribution in [0.15, 0.2) is 0 Å². The van der Waals surface area contributed by atoms with Crippen molar-refractivity contribution in [2.24, 2.45) is 16.6 Å². The first-order valence-corrected chi connectivity index (χ1v) is 9.56. The molecule has 3 saturated carbocycles. The Morgan fingerprint density at radius 2 is 1.10 bits per heavy atom. The van der Waals surface area contributed by atoms with Crippen molar-refractivity contribution in [1.82, 2.24) is 0 Å². The van der Waals surface area contributed by atoms with Crippen molar-refractivity contribution < 1.29 is 5.11 Å². The smallest absolute Gasteiger partial charge is 0.0716 e. The summed E-state index contributed by atoms with van der Waals surface area (Å²) in [6, 6.07) is 0. The van der Waals surface area contributed by atoms with Gasteiger partial charge in [-0.25, -0.2) is 0 Å². The van der Waals surface area contributed by atoms with Gasteiger partial charge in [-0.15, -0.1) is 0 Å². The number of hydrogen-bond acceptors (Lipinski definition) is 2. The van der Waals surface area contributed by atoms with Crippen molar-refractivity contribution >= 4 is 0 Å². The molecule has 21 heavy (non-hydrogen) atoms. The number of hydrogen-bond donors (Lipinski definition) is 2. The number of nitrogens with two attached hydrogens (primary N) is 1. The Kier molecular flexibility index (Phi) is 4.66. The van der Waals surface area contributed by atoms with Crippen LogP contribution >= 0.6 is 0 Å². The van der Waals surface area contributed by atoms with Gasteiger partial charge in [0.25, 0.3) is 0 Å². The van der Waals surface area contributed by atoms with E-state index in [4.69, 9.17) is 5.73 Å². The monoisotopic (exact) mass is 293 g/mol. The Labute approximate surface area is 130 Å². The van der Waals surface area contributed by atoms with E-state index in [1.165, 1.54) is 70.6 Å². The summed E-state index contributed by atoms with van der Waals surface area (Å²) in [6.45, 7) is 0.691. The van der Waals surface area contributed by atoms with Gasteiger partial charge in [-0.05, 0) is 56.8 Å². The van der Waals surface area contributed by atoms with E-state index < -0.39 is 5.60 Å². The summed E-state index contributed by atoms with van der Waals surface area (Å²) < 4.78 is 0. The van der Waals surface area contributed by atoms with E-state index in [-0.39, 0.29) is 5.41 Å². The summed E-state index contributed by atoms with van der Waals surface area (Å²) in [4.78, 5) is 0. The molecule has 3 aliphatic rings. The van der Waals surface area contributed by atoms with Gasteiger partial charge in [0.2, 0.25) is 0 Å². The highest BCUT2D eigenvalue weighted by Crippen LogP contribution is 2.57. The molecular weight excluding hydrogens is 258 g/mol. The molecule has 2 nitrogen and oxygen atoms in total. The first-order chi connectivity index (χ1) is 10.1. The van der Waals surface area contributed by atoms with Crippen molar-refractivity contribution in [2.45, 2.75) is 102 Å². The summed E-state index contributed by atoms with van der Waals surface area (Å²) >= 11 is 0. The van der Waals surface area contributed by atoms with Gasteiger partial charge in [0.1, 0.15) is 0 Å². The van der Waals surface area contributed by atoms with Crippen LogP contribution in [0.4, 0.5) is 0 Å². The molecule has 3 rings (SSSR count). The minimum atomic E-state index is -0.465. The molecule has 0 aromatic carbocycles. The van der Waals surface area contributed by atoms with Crippen molar-refractivity contribution in [2.75, 3.05) is 6.54 Å². The molecule has 0 aromatic heterocycles. The molecule has 1 spiro atoms. The first kappa shape index (κ1) is 15.8. The summed E-state index contributed by atoms with van der Waals surface area (Å²) in [7, 11) is 0. The molecular formula is C19H35NO. The lowest BCUT2D eigenvalue weighted by atomic mass is 9.56. The second-order valence-corrected chi connectivity index (χ2v) is 8.49. The molecule has 122 valence electrons. The average Bonchev–Trinajstić information content (AvgIpc) is 2.92. The van der Waals surface area contributed by atoms with E-state index in [9.17, 15) is 5.11 Å². The third-order valence-electron chi connectivity index (χ3n) is 7.49. The topological polar surface area (TPSA) is 46.2 Å². The molecule has 0 amide bonds. The molecule has 0 unspecified atom stereocenters. The Balaban J connectivity index is 1.73. The van der Waals surface area contributed by atoms with Crippen LogP contribution in [-0.2, 0) is 0 Å². The average molecular weight is 293 g/mol. The van der Waals surface area contributed by atoms with Crippen molar-refractivity contribution in [3.05, 3.63) is 0 Å². The van der Waals surface area contributed by atoms with Crippen LogP contribution in [0, 0.1) is 10.8 Å². The van der Waals surface area contributed by atoms with Crippen molar-refractivity contribution in [1.29, 1.82) is 0 Å².